The normalized spacial score (nSPS) is 11.9. The third-order valence-corrected chi connectivity index (χ3v) is 8.42. The smallest absolute Gasteiger partial charge is 0.264 e. The Morgan fingerprint density at radius 1 is 0.949 bits per heavy atom. The molecule has 0 aliphatic heterocycles. The van der Waals surface area contributed by atoms with Crippen molar-refractivity contribution in [2.75, 3.05) is 24.0 Å². The van der Waals surface area contributed by atoms with Gasteiger partial charge in [-0.25, -0.2) is 8.42 Å². The van der Waals surface area contributed by atoms with Gasteiger partial charge in [0.05, 0.1) is 17.2 Å². The first kappa shape index (κ1) is 30.2. The molecule has 208 valence electrons. The van der Waals surface area contributed by atoms with Crippen LogP contribution in [0.5, 0.6) is 5.75 Å². The minimum atomic E-state index is -4.12. The van der Waals surface area contributed by atoms with Gasteiger partial charge in [-0.2, -0.15) is 0 Å². The number of ether oxygens (including phenoxy) is 1. The van der Waals surface area contributed by atoms with E-state index in [1.807, 2.05) is 38.1 Å². The summed E-state index contributed by atoms with van der Waals surface area (Å²) in [6, 6.07) is 19.6. The van der Waals surface area contributed by atoms with Gasteiger partial charge in [-0.05, 0) is 81.8 Å². The molecule has 0 radical (unpaired) electrons. The van der Waals surface area contributed by atoms with E-state index in [9.17, 15) is 18.0 Å². The fraction of sp³-hybridized carbons (Fsp3) is 0.310. The number of rotatable bonds is 12. The summed E-state index contributed by atoms with van der Waals surface area (Å²) in [7, 11) is -4.12. The number of amides is 2. The highest BCUT2D eigenvalue weighted by molar-refractivity contribution is 9.10. The monoisotopic (exact) mass is 615 g/mol. The quantitative estimate of drug-likeness (QED) is 0.312. The molecule has 3 aromatic carbocycles. The zero-order valence-corrected chi connectivity index (χ0v) is 25.0. The van der Waals surface area contributed by atoms with E-state index in [1.165, 1.54) is 17.0 Å². The summed E-state index contributed by atoms with van der Waals surface area (Å²) in [5.74, 6) is -0.250. The molecule has 1 atom stereocenters. The lowest BCUT2D eigenvalue weighted by Crippen LogP contribution is -2.51. The Balaban J connectivity index is 2.02. The summed E-state index contributed by atoms with van der Waals surface area (Å²) in [6.07, 6.45) is 0. The molecule has 0 aromatic heterocycles. The molecule has 2 amide bonds. The minimum absolute atomic E-state index is 0.0611. The number of aryl methyl sites for hydroxylation is 1. The molecule has 1 N–H and O–H groups in total. The highest BCUT2D eigenvalue weighted by Gasteiger charge is 2.32. The summed E-state index contributed by atoms with van der Waals surface area (Å²) < 4.78 is 35.2. The van der Waals surface area contributed by atoms with Gasteiger partial charge in [0, 0.05) is 17.6 Å². The highest BCUT2D eigenvalue weighted by atomic mass is 79.9. The molecule has 0 spiro atoms. The Morgan fingerprint density at radius 2 is 1.56 bits per heavy atom. The summed E-state index contributed by atoms with van der Waals surface area (Å²) in [6.45, 7) is 7.67. The van der Waals surface area contributed by atoms with Crippen LogP contribution in [0.3, 0.4) is 0 Å². The van der Waals surface area contributed by atoms with Crippen molar-refractivity contribution < 1.29 is 22.7 Å². The van der Waals surface area contributed by atoms with Crippen LogP contribution in [0.1, 0.15) is 31.9 Å². The lowest BCUT2D eigenvalue weighted by Gasteiger charge is -2.32. The van der Waals surface area contributed by atoms with Crippen LogP contribution in [0.4, 0.5) is 5.69 Å². The van der Waals surface area contributed by atoms with E-state index in [0.717, 1.165) is 19.9 Å². The predicted molar refractivity (Wildman–Crippen MR) is 156 cm³/mol. The highest BCUT2D eigenvalue weighted by Crippen LogP contribution is 2.27. The molecular formula is C29H34BrN3O5S. The molecule has 0 aliphatic rings. The first-order valence-electron chi connectivity index (χ1n) is 12.7. The number of nitrogens with zero attached hydrogens (tertiary/aromatic N) is 2. The van der Waals surface area contributed by atoms with Crippen molar-refractivity contribution in [1.29, 1.82) is 0 Å². The number of likely N-dealkylation sites (N-methyl/N-ethyl adjacent to an activating group) is 1. The zero-order valence-electron chi connectivity index (χ0n) is 22.6. The van der Waals surface area contributed by atoms with Crippen molar-refractivity contribution in [3.05, 3.63) is 88.4 Å². The van der Waals surface area contributed by atoms with Gasteiger partial charge in [-0.15, -0.1) is 0 Å². The minimum Gasteiger partial charge on any atom is -0.494 e. The fourth-order valence-corrected chi connectivity index (χ4v) is 5.61. The number of hydrogen-bond donors (Lipinski definition) is 1. The van der Waals surface area contributed by atoms with Gasteiger partial charge in [0.1, 0.15) is 18.3 Å². The van der Waals surface area contributed by atoms with Crippen LogP contribution < -0.4 is 14.4 Å². The summed E-state index contributed by atoms with van der Waals surface area (Å²) in [4.78, 5) is 28.1. The Labute approximate surface area is 239 Å². The second-order valence-electron chi connectivity index (χ2n) is 8.97. The maximum Gasteiger partial charge on any atom is 0.264 e. The predicted octanol–water partition coefficient (Wildman–Crippen LogP) is 4.90. The van der Waals surface area contributed by atoms with E-state index < -0.39 is 28.5 Å². The van der Waals surface area contributed by atoms with E-state index in [-0.39, 0.29) is 17.3 Å². The average molecular weight is 617 g/mol. The molecule has 8 nitrogen and oxygen atoms in total. The Morgan fingerprint density at radius 3 is 2.13 bits per heavy atom. The van der Waals surface area contributed by atoms with Gasteiger partial charge in [0.15, 0.2) is 0 Å². The second kappa shape index (κ2) is 13.6. The van der Waals surface area contributed by atoms with Crippen LogP contribution in [0.25, 0.3) is 0 Å². The van der Waals surface area contributed by atoms with Gasteiger partial charge in [0.2, 0.25) is 11.8 Å². The van der Waals surface area contributed by atoms with Crippen molar-refractivity contribution in [2.45, 2.75) is 45.2 Å². The number of nitrogens with one attached hydrogen (secondary N) is 1. The number of hydrogen-bond acceptors (Lipinski definition) is 5. The van der Waals surface area contributed by atoms with Crippen molar-refractivity contribution in [2.24, 2.45) is 0 Å². The van der Waals surface area contributed by atoms with Crippen molar-refractivity contribution >= 4 is 43.5 Å². The number of anilines is 1. The van der Waals surface area contributed by atoms with Crippen LogP contribution in [0.2, 0.25) is 0 Å². The van der Waals surface area contributed by atoms with Gasteiger partial charge in [0.25, 0.3) is 10.0 Å². The van der Waals surface area contributed by atoms with Gasteiger partial charge >= 0.3 is 0 Å². The molecule has 3 aromatic rings. The van der Waals surface area contributed by atoms with Crippen LogP contribution in [0.15, 0.2) is 82.2 Å². The summed E-state index contributed by atoms with van der Waals surface area (Å²) >= 11 is 3.41. The van der Waals surface area contributed by atoms with Gasteiger partial charge in [-0.1, -0.05) is 45.8 Å². The van der Waals surface area contributed by atoms with Crippen molar-refractivity contribution in [3.63, 3.8) is 0 Å². The number of carbonyl (C=O) groups excluding carboxylic acids is 2. The number of benzene rings is 3. The van der Waals surface area contributed by atoms with E-state index in [0.29, 0.717) is 24.6 Å². The maximum absolute atomic E-state index is 13.9. The molecule has 39 heavy (non-hydrogen) atoms. The Hall–Kier alpha value is -3.37. The lowest BCUT2D eigenvalue weighted by atomic mass is 10.1. The molecule has 0 saturated heterocycles. The number of halogens is 1. The SMILES string of the molecule is CCNC(=O)[C@@H](C)N(Cc1ccc(Br)cc1)C(=O)CN(c1ccc(OCC)cc1)S(=O)(=O)c1ccc(C)cc1. The Kier molecular flexibility index (Phi) is 10.5. The molecule has 0 fully saturated rings. The molecular weight excluding hydrogens is 582 g/mol. The summed E-state index contributed by atoms with van der Waals surface area (Å²) in [5, 5.41) is 2.75. The van der Waals surface area contributed by atoms with E-state index in [4.69, 9.17) is 4.74 Å². The molecule has 0 heterocycles. The van der Waals surface area contributed by atoms with Crippen LogP contribution >= 0.6 is 15.9 Å². The Bertz CT molecular complexity index is 1360. The molecule has 0 saturated carbocycles. The van der Waals surface area contributed by atoms with Gasteiger partial charge < -0.3 is 15.0 Å². The largest absolute Gasteiger partial charge is 0.494 e. The first-order chi connectivity index (χ1) is 18.6. The van der Waals surface area contributed by atoms with Crippen molar-refractivity contribution in [1.82, 2.24) is 10.2 Å². The third kappa shape index (κ3) is 7.83. The van der Waals surface area contributed by atoms with Crippen LogP contribution in [0, 0.1) is 6.92 Å². The molecule has 0 unspecified atom stereocenters. The lowest BCUT2D eigenvalue weighted by molar-refractivity contribution is -0.139. The van der Waals surface area contributed by atoms with Crippen LogP contribution in [-0.2, 0) is 26.2 Å². The van der Waals surface area contributed by atoms with Crippen molar-refractivity contribution in [3.8, 4) is 5.75 Å². The first-order valence-corrected chi connectivity index (χ1v) is 14.9. The number of carbonyl (C=O) groups is 2. The molecule has 3 rings (SSSR count). The fourth-order valence-electron chi connectivity index (χ4n) is 3.93. The van der Waals surface area contributed by atoms with E-state index in [2.05, 4.69) is 21.2 Å². The average Bonchev–Trinajstić information content (AvgIpc) is 2.92. The van der Waals surface area contributed by atoms with Crippen LogP contribution in [-0.4, -0.2) is 50.9 Å². The van der Waals surface area contributed by atoms with Gasteiger partial charge in [-0.3, -0.25) is 13.9 Å². The van der Waals surface area contributed by atoms with E-state index in [1.54, 1.807) is 50.2 Å². The summed E-state index contributed by atoms with van der Waals surface area (Å²) in [5.41, 5.74) is 2.02. The molecule has 0 bridgehead atoms. The van der Waals surface area contributed by atoms with E-state index >= 15 is 0 Å². The maximum atomic E-state index is 13.9. The molecule has 0 aliphatic carbocycles. The third-order valence-electron chi connectivity index (χ3n) is 6.11. The standard InChI is InChI=1S/C29H34BrN3O5S/c1-5-31-29(35)22(4)32(19-23-9-11-24(30)12-10-23)28(34)20-33(25-13-15-26(16-14-25)38-6-2)39(36,37)27-17-7-21(3)8-18-27/h7-18,22H,5-6,19-20H2,1-4H3,(H,31,35)/t22-/m1/s1. The topological polar surface area (TPSA) is 96.0 Å². The molecule has 10 heteroatoms. The number of sulfonamides is 1. The second-order valence-corrected chi connectivity index (χ2v) is 11.7. The zero-order chi connectivity index (χ0) is 28.6.